The van der Waals surface area contributed by atoms with E-state index in [4.69, 9.17) is 5.11 Å². The Labute approximate surface area is 149 Å². The minimum atomic E-state index is -0.531. The smallest absolute Gasteiger partial charge is 0.286 e. The van der Waals surface area contributed by atoms with Gasteiger partial charge in [0.15, 0.2) is 5.17 Å². The van der Waals surface area contributed by atoms with Gasteiger partial charge in [0.05, 0.1) is 11.5 Å². The van der Waals surface area contributed by atoms with Crippen LogP contribution in [0.4, 0.5) is 4.39 Å². The lowest BCUT2D eigenvalue weighted by atomic mass is 10.2. The maximum Gasteiger partial charge on any atom is 0.286 e. The van der Waals surface area contributed by atoms with Gasteiger partial charge in [-0.2, -0.15) is 4.99 Å². The third-order valence-corrected chi connectivity index (χ3v) is 5.28. The van der Waals surface area contributed by atoms with Crippen LogP contribution in [0.5, 0.6) is 5.75 Å². The minimum Gasteiger partial charge on any atom is -0.507 e. The number of amidine groups is 1. The molecule has 0 aliphatic carbocycles. The second kappa shape index (κ2) is 7.55. The molecule has 1 aromatic carbocycles. The Morgan fingerprint density at radius 1 is 1.44 bits per heavy atom. The van der Waals surface area contributed by atoms with Gasteiger partial charge in [0.25, 0.3) is 5.91 Å². The Morgan fingerprint density at radius 2 is 2.24 bits per heavy atom. The first-order valence-corrected chi connectivity index (χ1v) is 8.90. The lowest BCUT2D eigenvalue weighted by Gasteiger charge is -2.40. The van der Waals surface area contributed by atoms with Gasteiger partial charge in [0.1, 0.15) is 11.6 Å². The van der Waals surface area contributed by atoms with E-state index in [1.54, 1.807) is 0 Å². The molecule has 3 rings (SSSR count). The number of carbonyl (C=O) groups excluding carboxylic acids is 1. The Morgan fingerprint density at radius 3 is 2.92 bits per heavy atom. The summed E-state index contributed by atoms with van der Waals surface area (Å²) in [5.41, 5.74) is 0.384. The highest BCUT2D eigenvalue weighted by atomic mass is 32.2. The van der Waals surface area contributed by atoms with Crippen LogP contribution in [0, 0.1) is 5.82 Å². The number of benzene rings is 1. The maximum atomic E-state index is 13.1. The number of β-amino-alcohol motifs (C(OH)–C–C–N with tert-alkyl or cyclic N) is 1. The number of aliphatic hydroxyl groups is 1. The van der Waals surface area contributed by atoms with Crippen molar-refractivity contribution in [3.05, 3.63) is 34.5 Å². The first-order valence-electron chi connectivity index (χ1n) is 8.09. The van der Waals surface area contributed by atoms with Crippen molar-refractivity contribution in [1.82, 2.24) is 9.80 Å². The van der Waals surface area contributed by atoms with E-state index in [0.29, 0.717) is 22.2 Å². The molecule has 1 fully saturated rings. The Balaban J connectivity index is 1.71. The largest absolute Gasteiger partial charge is 0.507 e. The van der Waals surface area contributed by atoms with Gasteiger partial charge in [-0.3, -0.25) is 9.69 Å². The van der Waals surface area contributed by atoms with Gasteiger partial charge >= 0.3 is 0 Å². The standard InChI is InChI=1S/C17H20FN3O3S/c1-11-10-20(6-7-22)4-5-21(11)17-19-16(24)15(25-17)8-12-2-3-13(18)9-14(12)23/h2-3,8-9,11,22-23H,4-7,10H2,1H3/t11-/m1/s1. The number of rotatable bonds is 3. The van der Waals surface area contributed by atoms with Crippen molar-refractivity contribution in [3.8, 4) is 5.75 Å². The second-order valence-corrected chi connectivity index (χ2v) is 7.09. The predicted molar refractivity (Wildman–Crippen MR) is 95.8 cm³/mol. The van der Waals surface area contributed by atoms with E-state index >= 15 is 0 Å². The quantitative estimate of drug-likeness (QED) is 0.791. The normalized spacial score (nSPS) is 23.4. The summed E-state index contributed by atoms with van der Waals surface area (Å²) in [6, 6.07) is 3.86. The molecule has 0 aromatic heterocycles. The minimum absolute atomic E-state index is 0.134. The van der Waals surface area contributed by atoms with Crippen molar-refractivity contribution in [3.63, 3.8) is 0 Å². The SMILES string of the molecule is C[C@@H]1CN(CCO)CCN1C1=NC(=O)C(=Cc2ccc(F)cc2O)S1. The summed E-state index contributed by atoms with van der Waals surface area (Å²) in [4.78, 5) is 21.0. The van der Waals surface area contributed by atoms with Crippen LogP contribution in [0.1, 0.15) is 12.5 Å². The van der Waals surface area contributed by atoms with Crippen molar-refractivity contribution in [2.75, 3.05) is 32.8 Å². The summed E-state index contributed by atoms with van der Waals surface area (Å²) in [7, 11) is 0. The number of halogens is 1. The summed E-state index contributed by atoms with van der Waals surface area (Å²) in [6.45, 7) is 5.17. The maximum absolute atomic E-state index is 13.1. The molecule has 6 nitrogen and oxygen atoms in total. The highest BCUT2D eigenvalue weighted by Gasteiger charge is 2.32. The van der Waals surface area contributed by atoms with Crippen molar-refractivity contribution in [2.45, 2.75) is 13.0 Å². The molecule has 1 aromatic rings. The Kier molecular flexibility index (Phi) is 5.41. The molecule has 1 atom stereocenters. The molecular weight excluding hydrogens is 345 g/mol. The first kappa shape index (κ1) is 17.9. The molecule has 2 aliphatic rings. The van der Waals surface area contributed by atoms with Gasteiger partial charge < -0.3 is 15.1 Å². The molecule has 2 N–H and O–H groups in total. The van der Waals surface area contributed by atoms with Crippen LogP contribution in [0.15, 0.2) is 28.1 Å². The van der Waals surface area contributed by atoms with E-state index in [-0.39, 0.29) is 24.3 Å². The molecule has 0 saturated carbocycles. The lowest BCUT2D eigenvalue weighted by Crippen LogP contribution is -2.53. The highest BCUT2D eigenvalue weighted by Crippen LogP contribution is 2.33. The van der Waals surface area contributed by atoms with Crippen LogP contribution in [0.3, 0.4) is 0 Å². The molecule has 1 saturated heterocycles. The fourth-order valence-electron chi connectivity index (χ4n) is 2.96. The molecule has 8 heteroatoms. The van der Waals surface area contributed by atoms with Crippen molar-refractivity contribution < 1.29 is 19.4 Å². The van der Waals surface area contributed by atoms with E-state index in [9.17, 15) is 14.3 Å². The number of carbonyl (C=O) groups is 1. The molecule has 1 amide bonds. The van der Waals surface area contributed by atoms with Crippen LogP contribution in [0.2, 0.25) is 0 Å². The fourth-order valence-corrected chi connectivity index (χ4v) is 4.00. The van der Waals surface area contributed by atoms with Gasteiger partial charge in [-0.05, 0) is 36.9 Å². The van der Waals surface area contributed by atoms with E-state index < -0.39 is 5.82 Å². The zero-order chi connectivity index (χ0) is 18.0. The van der Waals surface area contributed by atoms with E-state index in [1.165, 1.54) is 30.0 Å². The molecule has 0 spiro atoms. The van der Waals surface area contributed by atoms with Crippen molar-refractivity contribution in [1.29, 1.82) is 0 Å². The van der Waals surface area contributed by atoms with Crippen LogP contribution in [-0.2, 0) is 4.79 Å². The van der Waals surface area contributed by atoms with Gasteiger partial charge in [-0.15, -0.1) is 0 Å². The number of hydrogen-bond acceptors (Lipinski definition) is 6. The summed E-state index contributed by atoms with van der Waals surface area (Å²) < 4.78 is 13.1. The Hall–Kier alpha value is -1.90. The number of hydrogen-bond donors (Lipinski definition) is 2. The lowest BCUT2D eigenvalue weighted by molar-refractivity contribution is -0.113. The average molecular weight is 365 g/mol. The van der Waals surface area contributed by atoms with Gasteiger partial charge in [0.2, 0.25) is 0 Å². The van der Waals surface area contributed by atoms with Gasteiger partial charge in [0, 0.05) is 43.9 Å². The molecule has 0 radical (unpaired) electrons. The highest BCUT2D eigenvalue weighted by molar-refractivity contribution is 8.18. The number of amides is 1. The second-order valence-electron chi connectivity index (χ2n) is 6.08. The topological polar surface area (TPSA) is 76.4 Å². The van der Waals surface area contributed by atoms with Crippen LogP contribution in [0.25, 0.3) is 6.08 Å². The van der Waals surface area contributed by atoms with Crippen LogP contribution in [-0.4, -0.2) is 69.9 Å². The number of piperazine rings is 1. The monoisotopic (exact) mass is 365 g/mol. The Bertz CT molecular complexity index is 738. The zero-order valence-electron chi connectivity index (χ0n) is 13.9. The summed E-state index contributed by atoms with van der Waals surface area (Å²) >= 11 is 1.27. The number of aromatic hydroxyl groups is 1. The van der Waals surface area contributed by atoms with Crippen LogP contribution < -0.4 is 0 Å². The molecule has 134 valence electrons. The number of thioether (sulfide) groups is 1. The van der Waals surface area contributed by atoms with E-state index in [0.717, 1.165) is 25.7 Å². The molecule has 2 aliphatic heterocycles. The number of nitrogens with zero attached hydrogens (tertiary/aromatic N) is 3. The number of phenolic OH excluding ortho intramolecular Hbond substituents is 1. The molecule has 25 heavy (non-hydrogen) atoms. The molecule has 0 bridgehead atoms. The fraction of sp³-hybridized carbons (Fsp3) is 0.412. The summed E-state index contributed by atoms with van der Waals surface area (Å²) in [6.07, 6.45) is 1.53. The van der Waals surface area contributed by atoms with Crippen molar-refractivity contribution >= 4 is 28.9 Å². The predicted octanol–water partition coefficient (Wildman–Crippen LogP) is 1.50. The number of phenols is 1. The van der Waals surface area contributed by atoms with Gasteiger partial charge in [-0.1, -0.05) is 0 Å². The summed E-state index contributed by atoms with van der Waals surface area (Å²) in [5, 5.41) is 19.5. The van der Waals surface area contributed by atoms with Crippen LogP contribution >= 0.6 is 11.8 Å². The third-order valence-electron chi connectivity index (χ3n) is 4.26. The van der Waals surface area contributed by atoms with Crippen molar-refractivity contribution in [2.24, 2.45) is 4.99 Å². The molecule has 0 unspecified atom stereocenters. The zero-order valence-corrected chi connectivity index (χ0v) is 14.7. The van der Waals surface area contributed by atoms with Gasteiger partial charge in [-0.25, -0.2) is 4.39 Å². The summed E-state index contributed by atoms with van der Waals surface area (Å²) in [5.74, 6) is -1.09. The molecular formula is C17H20FN3O3S. The third kappa shape index (κ3) is 4.02. The number of aliphatic imine (C=N–C) groups is 1. The van der Waals surface area contributed by atoms with E-state index in [2.05, 4.69) is 21.7 Å². The average Bonchev–Trinajstić information content (AvgIpc) is 2.91. The number of aliphatic hydroxyl groups excluding tert-OH is 1. The first-order chi connectivity index (χ1) is 12.0. The molecule has 2 heterocycles. The van der Waals surface area contributed by atoms with E-state index in [1.807, 2.05) is 0 Å².